The van der Waals surface area contributed by atoms with Crippen molar-refractivity contribution >= 4 is 11.8 Å². The van der Waals surface area contributed by atoms with Gasteiger partial charge in [0.2, 0.25) is 0 Å². The summed E-state index contributed by atoms with van der Waals surface area (Å²) in [5.41, 5.74) is 0.504. The molecule has 4 aliphatic carbocycles. The molecule has 0 unspecified atom stereocenters. The summed E-state index contributed by atoms with van der Waals surface area (Å²) in [6.07, 6.45) is 10.5. The van der Waals surface area contributed by atoms with Crippen molar-refractivity contribution in [3.05, 3.63) is 0 Å². The second kappa shape index (κ2) is 8.44. The molecular formula is C26H42NO4+. The van der Waals surface area contributed by atoms with Crippen LogP contribution in [0, 0.1) is 34.5 Å². The van der Waals surface area contributed by atoms with E-state index in [0.717, 1.165) is 70.4 Å². The predicted molar refractivity (Wildman–Crippen MR) is 118 cm³/mol. The maximum absolute atomic E-state index is 12.7. The van der Waals surface area contributed by atoms with Gasteiger partial charge in [0.25, 0.3) is 0 Å². The highest BCUT2D eigenvalue weighted by Crippen LogP contribution is 2.66. The molecule has 5 heteroatoms. The molecule has 0 aromatic heterocycles. The van der Waals surface area contributed by atoms with Crippen LogP contribution in [0.15, 0.2) is 0 Å². The minimum atomic E-state index is 0.00875. The van der Waals surface area contributed by atoms with E-state index in [2.05, 4.69) is 13.8 Å². The lowest BCUT2D eigenvalue weighted by Gasteiger charge is -2.60. The van der Waals surface area contributed by atoms with Gasteiger partial charge in [0.15, 0.2) is 0 Å². The summed E-state index contributed by atoms with van der Waals surface area (Å²) in [5.74, 6) is 3.32. The monoisotopic (exact) mass is 432 g/mol. The van der Waals surface area contributed by atoms with Gasteiger partial charge in [-0.15, -0.1) is 0 Å². The number of hydrogen-bond donors (Lipinski definition) is 1. The third kappa shape index (κ3) is 3.88. The number of Topliss-reactive ketones (excluding diaryl/α,β-unsaturated/α-hetero) is 1. The van der Waals surface area contributed by atoms with Crippen molar-refractivity contribution in [3.8, 4) is 0 Å². The molecule has 7 atom stereocenters. The number of esters is 1. The van der Waals surface area contributed by atoms with Gasteiger partial charge < -0.3 is 14.4 Å². The highest BCUT2D eigenvalue weighted by Gasteiger charge is 2.61. The molecule has 0 bridgehead atoms. The van der Waals surface area contributed by atoms with Gasteiger partial charge in [-0.25, -0.2) is 0 Å². The zero-order valence-corrected chi connectivity index (χ0v) is 19.6. The van der Waals surface area contributed by atoms with Crippen LogP contribution in [0.25, 0.3) is 0 Å². The number of fused-ring (bicyclic) bond motifs is 5. The first-order valence-corrected chi connectivity index (χ1v) is 13.0. The van der Waals surface area contributed by atoms with Crippen molar-refractivity contribution < 1.29 is 24.0 Å². The lowest BCUT2D eigenvalue weighted by Crippen LogP contribution is -3.14. The van der Waals surface area contributed by atoms with Gasteiger partial charge in [-0.2, -0.15) is 0 Å². The van der Waals surface area contributed by atoms with E-state index < -0.39 is 0 Å². The number of hydrogen-bond acceptors (Lipinski definition) is 4. The Labute approximate surface area is 187 Å². The first-order chi connectivity index (χ1) is 14.9. The first-order valence-electron chi connectivity index (χ1n) is 13.0. The van der Waals surface area contributed by atoms with Gasteiger partial charge in [0.1, 0.15) is 25.0 Å². The van der Waals surface area contributed by atoms with E-state index in [4.69, 9.17) is 9.47 Å². The van der Waals surface area contributed by atoms with Crippen LogP contribution in [0.5, 0.6) is 0 Å². The molecule has 0 aromatic rings. The number of quaternary nitrogens is 1. The molecule has 1 N–H and O–H groups in total. The molecule has 0 radical (unpaired) electrons. The van der Waals surface area contributed by atoms with Crippen LogP contribution in [-0.2, 0) is 19.1 Å². The van der Waals surface area contributed by atoms with Gasteiger partial charge in [0, 0.05) is 18.3 Å². The van der Waals surface area contributed by atoms with Crippen LogP contribution in [0.2, 0.25) is 0 Å². The quantitative estimate of drug-likeness (QED) is 0.694. The Hall–Kier alpha value is -0.940. The zero-order chi connectivity index (χ0) is 21.6. The van der Waals surface area contributed by atoms with Crippen molar-refractivity contribution in [2.45, 2.75) is 84.2 Å². The molecule has 0 spiro atoms. The first kappa shape index (κ1) is 21.9. The second-order valence-corrected chi connectivity index (χ2v) is 11.9. The third-order valence-electron chi connectivity index (χ3n) is 10.6. The number of ether oxygens (including phenoxy) is 2. The molecule has 1 aliphatic heterocycles. The van der Waals surface area contributed by atoms with Crippen molar-refractivity contribution in [1.82, 2.24) is 0 Å². The maximum Gasteiger partial charge on any atom is 0.311 e. The maximum atomic E-state index is 12.7. The van der Waals surface area contributed by atoms with E-state index in [1.54, 1.807) is 0 Å². The molecule has 5 rings (SSSR count). The van der Waals surface area contributed by atoms with E-state index >= 15 is 0 Å². The Kier molecular flexibility index (Phi) is 5.96. The van der Waals surface area contributed by atoms with Crippen LogP contribution in [0.1, 0.15) is 78.1 Å². The number of carbonyl (C=O) groups is 2. The molecule has 1 saturated heterocycles. The summed E-state index contributed by atoms with van der Waals surface area (Å²) in [4.78, 5) is 26.3. The van der Waals surface area contributed by atoms with Gasteiger partial charge in [-0.1, -0.05) is 13.8 Å². The zero-order valence-electron chi connectivity index (χ0n) is 19.6. The third-order valence-corrected chi connectivity index (χ3v) is 10.6. The molecule has 1 heterocycles. The summed E-state index contributed by atoms with van der Waals surface area (Å²) in [6.45, 7) is 9.43. The SMILES string of the molecule is C[C@]12CC[C@@H]3[C@@H](CC[C@H]4CC(=O)CC[C@]43C)[C@H]1CC[C@H]2OC(=O)CC[NH+]1CCOCC1. The molecule has 5 aliphatic rings. The Morgan fingerprint density at radius 3 is 2.61 bits per heavy atom. The largest absolute Gasteiger partial charge is 0.462 e. The van der Waals surface area contributed by atoms with E-state index in [9.17, 15) is 9.59 Å². The number of carbonyl (C=O) groups excluding carboxylic acids is 2. The molecular weight excluding hydrogens is 390 g/mol. The Morgan fingerprint density at radius 2 is 1.81 bits per heavy atom. The van der Waals surface area contributed by atoms with E-state index in [1.807, 2.05) is 0 Å². The number of nitrogens with one attached hydrogen (secondary N) is 1. The molecule has 0 aromatic carbocycles. The summed E-state index contributed by atoms with van der Waals surface area (Å²) in [6, 6.07) is 0. The Morgan fingerprint density at radius 1 is 1.03 bits per heavy atom. The molecule has 5 fully saturated rings. The molecule has 0 amide bonds. The van der Waals surface area contributed by atoms with Gasteiger partial charge >= 0.3 is 5.97 Å². The Bertz CT molecular complexity index is 704. The fourth-order valence-electron chi connectivity index (χ4n) is 8.60. The van der Waals surface area contributed by atoms with Crippen LogP contribution in [0.4, 0.5) is 0 Å². The standard InChI is InChI=1S/C26H41NO4/c1-25-10-7-19(28)17-18(25)3-4-20-21-5-6-23(26(21,2)11-8-22(20)25)31-24(29)9-12-27-13-15-30-16-14-27/h18,20-23H,3-17H2,1-2H3/p+1/t18-,20-,21+,22+,23+,25+,26-/m0/s1. The minimum Gasteiger partial charge on any atom is -0.462 e. The van der Waals surface area contributed by atoms with Gasteiger partial charge in [-0.05, 0) is 74.0 Å². The van der Waals surface area contributed by atoms with E-state index in [1.165, 1.54) is 37.0 Å². The van der Waals surface area contributed by atoms with Crippen molar-refractivity contribution in [3.63, 3.8) is 0 Å². The average Bonchev–Trinajstić information content (AvgIpc) is 3.10. The van der Waals surface area contributed by atoms with Crippen molar-refractivity contribution in [2.75, 3.05) is 32.8 Å². The molecule has 174 valence electrons. The second-order valence-electron chi connectivity index (χ2n) is 11.9. The number of rotatable bonds is 4. The van der Waals surface area contributed by atoms with Crippen LogP contribution in [0.3, 0.4) is 0 Å². The molecule has 4 saturated carbocycles. The fourth-order valence-corrected chi connectivity index (χ4v) is 8.60. The van der Waals surface area contributed by atoms with Crippen LogP contribution in [-0.4, -0.2) is 50.7 Å². The molecule has 5 nitrogen and oxygen atoms in total. The van der Waals surface area contributed by atoms with E-state index in [0.29, 0.717) is 29.5 Å². The summed E-state index contributed by atoms with van der Waals surface area (Å²) < 4.78 is 11.6. The van der Waals surface area contributed by atoms with Crippen LogP contribution < -0.4 is 4.90 Å². The molecule has 31 heavy (non-hydrogen) atoms. The van der Waals surface area contributed by atoms with Crippen LogP contribution >= 0.6 is 0 Å². The highest BCUT2D eigenvalue weighted by atomic mass is 16.5. The van der Waals surface area contributed by atoms with Crippen molar-refractivity contribution in [1.29, 1.82) is 0 Å². The smallest absolute Gasteiger partial charge is 0.311 e. The topological polar surface area (TPSA) is 57.0 Å². The lowest BCUT2D eigenvalue weighted by molar-refractivity contribution is -0.907. The Balaban J connectivity index is 1.22. The lowest BCUT2D eigenvalue weighted by atomic mass is 9.45. The van der Waals surface area contributed by atoms with Gasteiger partial charge in [0.05, 0.1) is 26.2 Å². The number of ketones is 1. The highest BCUT2D eigenvalue weighted by molar-refractivity contribution is 5.79. The van der Waals surface area contributed by atoms with Gasteiger partial charge in [-0.3, -0.25) is 9.59 Å². The summed E-state index contributed by atoms with van der Waals surface area (Å²) in [5, 5.41) is 0. The fraction of sp³-hybridized carbons (Fsp3) is 0.923. The minimum absolute atomic E-state index is 0.00875. The predicted octanol–water partition coefficient (Wildman–Crippen LogP) is 2.82. The number of morpholine rings is 1. The average molecular weight is 433 g/mol. The van der Waals surface area contributed by atoms with E-state index in [-0.39, 0.29) is 17.5 Å². The summed E-state index contributed by atoms with van der Waals surface area (Å²) >= 11 is 0. The van der Waals surface area contributed by atoms with Crippen molar-refractivity contribution in [2.24, 2.45) is 34.5 Å². The normalized spacial score (nSPS) is 45.5. The summed E-state index contributed by atoms with van der Waals surface area (Å²) in [7, 11) is 0.